The van der Waals surface area contributed by atoms with Crippen LogP contribution in [-0.4, -0.2) is 56.2 Å². The minimum Gasteiger partial charge on any atom is -0.465 e. The first-order valence-electron chi connectivity index (χ1n) is 7.80. The van der Waals surface area contributed by atoms with E-state index in [0.29, 0.717) is 18.7 Å². The van der Waals surface area contributed by atoms with E-state index in [1.54, 1.807) is 6.92 Å². The molecule has 1 fully saturated rings. The van der Waals surface area contributed by atoms with Crippen LogP contribution in [0.1, 0.15) is 6.92 Å². The van der Waals surface area contributed by atoms with E-state index in [2.05, 4.69) is 0 Å². The number of fused-ring (bicyclic) bond motifs is 1. The second-order valence-corrected chi connectivity index (χ2v) is 7.34. The Morgan fingerprint density at radius 3 is 2.68 bits per heavy atom. The molecule has 1 aliphatic rings. The molecule has 1 aliphatic heterocycles. The number of ether oxygens (including phenoxy) is 2. The summed E-state index contributed by atoms with van der Waals surface area (Å²) >= 11 is 0. The highest BCUT2D eigenvalue weighted by Crippen LogP contribution is 2.22. The second-order valence-electron chi connectivity index (χ2n) is 5.41. The molecule has 0 unspecified atom stereocenters. The molecule has 0 bridgehead atoms. The fourth-order valence-corrected chi connectivity index (χ4v) is 4.05. The maximum atomic E-state index is 12.7. The summed E-state index contributed by atoms with van der Waals surface area (Å²) in [5.41, 5.74) is 0.433. The van der Waals surface area contributed by atoms with E-state index >= 15 is 0 Å². The van der Waals surface area contributed by atoms with Gasteiger partial charge >= 0.3 is 11.7 Å². The topological polar surface area (TPSA) is 108 Å². The Kier molecular flexibility index (Phi) is 4.93. The van der Waals surface area contributed by atoms with Gasteiger partial charge in [0.2, 0.25) is 10.0 Å². The van der Waals surface area contributed by atoms with Crippen molar-refractivity contribution in [3.63, 3.8) is 0 Å². The predicted molar refractivity (Wildman–Crippen MR) is 86.7 cm³/mol. The number of carbonyl (C=O) groups excluding carboxylic acids is 1. The third kappa shape index (κ3) is 3.46. The molecule has 2 aromatic rings. The molecule has 136 valence electrons. The standard InChI is InChI=1S/C15H18N2O7S/c1-2-23-14(18)10-17-12-4-3-11(9-13(12)24-15(17)19)25(20,21)16-5-7-22-8-6-16/h3-4,9H,2,5-8,10H2,1H3. The van der Waals surface area contributed by atoms with Crippen LogP contribution in [0.5, 0.6) is 0 Å². The van der Waals surface area contributed by atoms with Crippen LogP contribution < -0.4 is 5.76 Å². The van der Waals surface area contributed by atoms with Gasteiger partial charge in [-0.2, -0.15) is 4.31 Å². The van der Waals surface area contributed by atoms with E-state index in [9.17, 15) is 18.0 Å². The maximum Gasteiger partial charge on any atom is 0.420 e. The van der Waals surface area contributed by atoms with Gasteiger partial charge in [-0.15, -0.1) is 0 Å². The molecule has 9 nitrogen and oxygen atoms in total. The Balaban J connectivity index is 1.96. The van der Waals surface area contributed by atoms with Gasteiger partial charge in [0, 0.05) is 19.2 Å². The summed E-state index contributed by atoms with van der Waals surface area (Å²) in [6.45, 7) is 2.79. The fraction of sp³-hybridized carbons (Fsp3) is 0.467. The van der Waals surface area contributed by atoms with Crippen molar-refractivity contribution < 1.29 is 27.1 Å². The van der Waals surface area contributed by atoms with Crippen LogP contribution in [-0.2, 0) is 30.8 Å². The number of morpholine rings is 1. The number of aromatic nitrogens is 1. The third-order valence-corrected chi connectivity index (χ3v) is 5.73. The Morgan fingerprint density at radius 1 is 1.28 bits per heavy atom. The Bertz CT molecular complexity index is 938. The quantitative estimate of drug-likeness (QED) is 0.691. The maximum absolute atomic E-state index is 12.7. The molecule has 3 rings (SSSR count). The van der Waals surface area contributed by atoms with Crippen molar-refractivity contribution in [3.05, 3.63) is 28.7 Å². The zero-order chi connectivity index (χ0) is 18.0. The number of oxazole rings is 1. The minimum atomic E-state index is -3.70. The molecule has 0 atom stereocenters. The molecule has 1 saturated heterocycles. The van der Waals surface area contributed by atoms with Crippen molar-refractivity contribution in [2.75, 3.05) is 32.9 Å². The highest BCUT2D eigenvalue weighted by molar-refractivity contribution is 7.89. The molecule has 0 radical (unpaired) electrons. The van der Waals surface area contributed by atoms with Crippen LogP contribution in [0.25, 0.3) is 11.1 Å². The monoisotopic (exact) mass is 370 g/mol. The Morgan fingerprint density at radius 2 is 2.00 bits per heavy atom. The summed E-state index contributed by atoms with van der Waals surface area (Å²) in [5, 5.41) is 0. The summed E-state index contributed by atoms with van der Waals surface area (Å²) in [6.07, 6.45) is 0. The zero-order valence-corrected chi connectivity index (χ0v) is 14.5. The molecule has 0 amide bonds. The first kappa shape index (κ1) is 17.6. The van der Waals surface area contributed by atoms with Crippen molar-refractivity contribution >= 4 is 27.1 Å². The molecule has 1 aromatic carbocycles. The number of hydrogen-bond acceptors (Lipinski definition) is 7. The van der Waals surface area contributed by atoms with Crippen LogP contribution >= 0.6 is 0 Å². The van der Waals surface area contributed by atoms with Gasteiger partial charge in [-0.05, 0) is 19.1 Å². The Labute approximate surface area is 143 Å². The number of sulfonamides is 1. The molecule has 0 saturated carbocycles. The van der Waals surface area contributed by atoms with E-state index < -0.39 is 21.7 Å². The normalized spacial score (nSPS) is 16.2. The van der Waals surface area contributed by atoms with Crippen LogP contribution in [0.2, 0.25) is 0 Å². The molecule has 0 aliphatic carbocycles. The van der Waals surface area contributed by atoms with Crippen molar-refractivity contribution in [2.45, 2.75) is 18.4 Å². The van der Waals surface area contributed by atoms with E-state index in [4.69, 9.17) is 13.9 Å². The fourth-order valence-electron chi connectivity index (χ4n) is 2.63. The van der Waals surface area contributed by atoms with E-state index in [0.717, 1.165) is 4.57 Å². The zero-order valence-electron chi connectivity index (χ0n) is 13.6. The third-order valence-electron chi connectivity index (χ3n) is 3.84. The first-order valence-corrected chi connectivity index (χ1v) is 9.24. The molecular weight excluding hydrogens is 352 g/mol. The van der Waals surface area contributed by atoms with Crippen LogP contribution in [0.15, 0.2) is 32.3 Å². The van der Waals surface area contributed by atoms with Gasteiger partial charge < -0.3 is 13.9 Å². The lowest BCUT2D eigenvalue weighted by molar-refractivity contribution is -0.143. The lowest BCUT2D eigenvalue weighted by atomic mass is 10.3. The number of rotatable bonds is 5. The summed E-state index contributed by atoms with van der Waals surface area (Å²) in [5.74, 6) is -1.32. The first-order chi connectivity index (χ1) is 11.9. The Hall–Kier alpha value is -2.17. The average Bonchev–Trinajstić information content (AvgIpc) is 2.91. The predicted octanol–water partition coefficient (Wildman–Crippen LogP) is 0.179. The summed E-state index contributed by atoms with van der Waals surface area (Å²) in [6, 6.07) is 4.14. The van der Waals surface area contributed by atoms with Crippen molar-refractivity contribution in [1.82, 2.24) is 8.87 Å². The number of esters is 1. The van der Waals surface area contributed by atoms with Crippen molar-refractivity contribution in [2.24, 2.45) is 0 Å². The smallest absolute Gasteiger partial charge is 0.420 e. The van der Waals surface area contributed by atoms with E-state index in [1.807, 2.05) is 0 Å². The van der Waals surface area contributed by atoms with Crippen LogP contribution in [0, 0.1) is 0 Å². The van der Waals surface area contributed by atoms with Gasteiger partial charge in [-0.3, -0.25) is 9.36 Å². The second kappa shape index (κ2) is 6.98. The van der Waals surface area contributed by atoms with Crippen molar-refractivity contribution in [1.29, 1.82) is 0 Å². The van der Waals surface area contributed by atoms with Gasteiger partial charge in [-0.1, -0.05) is 0 Å². The largest absolute Gasteiger partial charge is 0.465 e. The molecule has 1 aromatic heterocycles. The molecule has 2 heterocycles. The van der Waals surface area contributed by atoms with E-state index in [1.165, 1.54) is 22.5 Å². The van der Waals surface area contributed by atoms with E-state index in [-0.39, 0.29) is 36.7 Å². The van der Waals surface area contributed by atoms with Crippen molar-refractivity contribution in [3.8, 4) is 0 Å². The minimum absolute atomic E-state index is 0.0268. The molecule has 0 N–H and O–H groups in total. The lowest BCUT2D eigenvalue weighted by Crippen LogP contribution is -2.40. The number of carbonyl (C=O) groups is 1. The summed E-state index contributed by atoms with van der Waals surface area (Å²) in [7, 11) is -3.70. The lowest BCUT2D eigenvalue weighted by Gasteiger charge is -2.25. The van der Waals surface area contributed by atoms with Crippen LogP contribution in [0.3, 0.4) is 0 Å². The highest BCUT2D eigenvalue weighted by Gasteiger charge is 2.27. The van der Waals surface area contributed by atoms with Gasteiger partial charge in [0.25, 0.3) is 0 Å². The SMILES string of the molecule is CCOC(=O)Cn1c(=O)oc2cc(S(=O)(=O)N3CCOCC3)ccc21. The summed E-state index contributed by atoms with van der Waals surface area (Å²) < 4.78 is 42.8. The van der Waals surface area contributed by atoms with Gasteiger partial charge in [-0.25, -0.2) is 13.2 Å². The highest BCUT2D eigenvalue weighted by atomic mass is 32.2. The van der Waals surface area contributed by atoms with Gasteiger partial charge in [0.05, 0.1) is 30.2 Å². The van der Waals surface area contributed by atoms with Crippen LogP contribution in [0.4, 0.5) is 0 Å². The molecule has 10 heteroatoms. The molecule has 0 spiro atoms. The number of hydrogen-bond donors (Lipinski definition) is 0. The molecular formula is C15H18N2O7S. The van der Waals surface area contributed by atoms with Gasteiger partial charge in [0.15, 0.2) is 5.58 Å². The number of nitrogens with zero attached hydrogens (tertiary/aromatic N) is 2. The summed E-state index contributed by atoms with van der Waals surface area (Å²) in [4.78, 5) is 23.6. The molecule has 25 heavy (non-hydrogen) atoms. The van der Waals surface area contributed by atoms with Gasteiger partial charge in [0.1, 0.15) is 6.54 Å². The average molecular weight is 370 g/mol. The number of benzene rings is 1.